The number of ether oxygens (including phenoxy) is 1. The summed E-state index contributed by atoms with van der Waals surface area (Å²) in [6, 6.07) is 33.7. The number of hydrogen-bond donors (Lipinski definition) is 0. The summed E-state index contributed by atoms with van der Waals surface area (Å²) in [4.78, 5) is 4.93. The number of hydrogen-bond acceptors (Lipinski definition) is 2. The Balaban J connectivity index is 1.29. The van der Waals surface area contributed by atoms with E-state index < -0.39 is 0 Å². The largest absolute Gasteiger partial charge is 0.493 e. The van der Waals surface area contributed by atoms with Crippen LogP contribution in [-0.2, 0) is 19.4 Å². The summed E-state index contributed by atoms with van der Waals surface area (Å²) >= 11 is 0. The maximum absolute atomic E-state index is 6.17. The van der Waals surface area contributed by atoms with Gasteiger partial charge < -0.3 is 9.30 Å². The van der Waals surface area contributed by atoms with Crippen molar-refractivity contribution in [3.63, 3.8) is 0 Å². The Hall–Kier alpha value is -3.59. The van der Waals surface area contributed by atoms with E-state index >= 15 is 0 Å². The first-order chi connectivity index (χ1) is 15.4. The van der Waals surface area contributed by atoms with Gasteiger partial charge in [0.15, 0.2) is 0 Å². The second kappa shape index (κ2) is 9.05. The number of rotatable bonds is 8. The van der Waals surface area contributed by atoms with Crippen LogP contribution in [0, 0.1) is 0 Å². The van der Waals surface area contributed by atoms with Crippen molar-refractivity contribution in [1.29, 1.82) is 0 Å². The molecule has 0 bridgehead atoms. The molecule has 5 rings (SSSR count). The second-order valence-electron chi connectivity index (χ2n) is 7.83. The number of imidazole rings is 1. The Labute approximate surface area is 182 Å². The first-order valence-corrected chi connectivity index (χ1v) is 11.0. The minimum absolute atomic E-state index is 0.679. The third-order valence-electron chi connectivity index (χ3n) is 5.75. The molecule has 0 aliphatic carbocycles. The van der Waals surface area contributed by atoms with E-state index in [4.69, 9.17) is 9.72 Å². The SMILES string of the molecule is c1ccc(CCc2nc3ccccc3n2CCCOc2cccc3ccccc23)cc1. The number of benzene rings is 4. The van der Waals surface area contributed by atoms with Crippen molar-refractivity contribution >= 4 is 21.8 Å². The van der Waals surface area contributed by atoms with Gasteiger partial charge in [-0.25, -0.2) is 4.98 Å². The topological polar surface area (TPSA) is 27.1 Å². The Morgan fingerprint density at radius 1 is 0.710 bits per heavy atom. The van der Waals surface area contributed by atoms with Crippen LogP contribution in [0.5, 0.6) is 5.75 Å². The van der Waals surface area contributed by atoms with Gasteiger partial charge in [0.1, 0.15) is 11.6 Å². The van der Waals surface area contributed by atoms with Gasteiger partial charge in [0, 0.05) is 18.4 Å². The Morgan fingerprint density at radius 2 is 1.48 bits per heavy atom. The number of aromatic nitrogens is 2. The number of fused-ring (bicyclic) bond motifs is 2. The molecule has 1 aromatic heterocycles. The molecule has 0 fully saturated rings. The van der Waals surface area contributed by atoms with Crippen LogP contribution in [0.3, 0.4) is 0 Å². The molecule has 4 aromatic carbocycles. The highest BCUT2D eigenvalue weighted by Crippen LogP contribution is 2.25. The Bertz CT molecular complexity index is 1290. The van der Waals surface area contributed by atoms with Gasteiger partial charge in [-0.1, -0.05) is 78.9 Å². The summed E-state index contributed by atoms with van der Waals surface area (Å²) in [5.41, 5.74) is 3.62. The van der Waals surface area contributed by atoms with Crippen LogP contribution in [0.4, 0.5) is 0 Å². The maximum atomic E-state index is 6.17. The van der Waals surface area contributed by atoms with Crippen molar-refractivity contribution in [2.24, 2.45) is 0 Å². The van der Waals surface area contributed by atoms with E-state index in [1.807, 2.05) is 0 Å². The molecular formula is C28H26N2O. The van der Waals surface area contributed by atoms with Crippen LogP contribution >= 0.6 is 0 Å². The van der Waals surface area contributed by atoms with Gasteiger partial charge in [-0.15, -0.1) is 0 Å². The normalized spacial score (nSPS) is 11.2. The molecule has 3 heteroatoms. The molecule has 0 saturated carbocycles. The highest BCUT2D eigenvalue weighted by molar-refractivity contribution is 5.88. The molecule has 1 heterocycles. The molecule has 0 saturated heterocycles. The van der Waals surface area contributed by atoms with Crippen molar-refractivity contribution in [3.05, 3.63) is 108 Å². The van der Waals surface area contributed by atoms with Gasteiger partial charge in [-0.05, 0) is 42.0 Å². The lowest BCUT2D eigenvalue weighted by molar-refractivity contribution is 0.305. The Morgan fingerprint density at radius 3 is 2.42 bits per heavy atom. The Kier molecular flexibility index (Phi) is 5.66. The lowest BCUT2D eigenvalue weighted by Crippen LogP contribution is -2.09. The molecule has 0 unspecified atom stereocenters. The van der Waals surface area contributed by atoms with Crippen molar-refractivity contribution in [1.82, 2.24) is 9.55 Å². The van der Waals surface area contributed by atoms with Crippen LogP contribution in [0.2, 0.25) is 0 Å². The highest BCUT2D eigenvalue weighted by Gasteiger charge is 2.11. The van der Waals surface area contributed by atoms with E-state index in [0.717, 1.165) is 42.9 Å². The minimum atomic E-state index is 0.679. The molecule has 3 nitrogen and oxygen atoms in total. The van der Waals surface area contributed by atoms with E-state index in [0.29, 0.717) is 6.61 Å². The van der Waals surface area contributed by atoms with Crippen molar-refractivity contribution in [3.8, 4) is 5.75 Å². The summed E-state index contributed by atoms with van der Waals surface area (Å²) in [5, 5.41) is 2.38. The fourth-order valence-electron chi connectivity index (χ4n) is 4.19. The van der Waals surface area contributed by atoms with Gasteiger partial charge in [0.05, 0.1) is 17.6 Å². The number of nitrogens with zero attached hydrogens (tertiary/aromatic N) is 2. The zero-order valence-electron chi connectivity index (χ0n) is 17.6. The summed E-state index contributed by atoms with van der Waals surface area (Å²) in [6.07, 6.45) is 2.86. The van der Waals surface area contributed by atoms with E-state index in [9.17, 15) is 0 Å². The third kappa shape index (κ3) is 4.31. The first kappa shape index (κ1) is 19.4. The molecular weight excluding hydrogens is 380 g/mol. The fourth-order valence-corrected chi connectivity index (χ4v) is 4.19. The molecule has 0 N–H and O–H groups in total. The maximum Gasteiger partial charge on any atom is 0.127 e. The molecule has 31 heavy (non-hydrogen) atoms. The fraction of sp³-hybridized carbons (Fsp3) is 0.179. The number of para-hydroxylation sites is 2. The monoisotopic (exact) mass is 406 g/mol. The summed E-state index contributed by atoms with van der Waals surface area (Å²) in [7, 11) is 0. The smallest absolute Gasteiger partial charge is 0.127 e. The molecule has 0 aliphatic heterocycles. The first-order valence-electron chi connectivity index (χ1n) is 11.0. The van der Waals surface area contributed by atoms with Crippen LogP contribution in [0.25, 0.3) is 21.8 Å². The molecule has 0 amide bonds. The minimum Gasteiger partial charge on any atom is -0.493 e. The molecule has 0 radical (unpaired) electrons. The van der Waals surface area contributed by atoms with Gasteiger partial charge >= 0.3 is 0 Å². The van der Waals surface area contributed by atoms with Crippen molar-refractivity contribution < 1.29 is 4.74 Å². The molecule has 154 valence electrons. The average molecular weight is 407 g/mol. The second-order valence-corrected chi connectivity index (χ2v) is 7.83. The van der Waals surface area contributed by atoms with Crippen LogP contribution in [0.1, 0.15) is 17.8 Å². The summed E-state index contributed by atoms with van der Waals surface area (Å²) < 4.78 is 8.53. The number of aryl methyl sites for hydroxylation is 3. The van der Waals surface area contributed by atoms with Gasteiger partial charge in [0.2, 0.25) is 0 Å². The van der Waals surface area contributed by atoms with E-state index in [1.165, 1.54) is 21.9 Å². The summed E-state index contributed by atoms with van der Waals surface area (Å²) in [5.74, 6) is 2.10. The van der Waals surface area contributed by atoms with Crippen LogP contribution < -0.4 is 4.74 Å². The van der Waals surface area contributed by atoms with E-state index in [-0.39, 0.29) is 0 Å². The molecule has 5 aromatic rings. The lowest BCUT2D eigenvalue weighted by atomic mass is 10.1. The third-order valence-corrected chi connectivity index (χ3v) is 5.75. The van der Waals surface area contributed by atoms with Gasteiger partial charge in [0.25, 0.3) is 0 Å². The van der Waals surface area contributed by atoms with Gasteiger partial charge in [-0.3, -0.25) is 0 Å². The van der Waals surface area contributed by atoms with Crippen LogP contribution in [-0.4, -0.2) is 16.2 Å². The van der Waals surface area contributed by atoms with Crippen molar-refractivity contribution in [2.45, 2.75) is 25.8 Å². The average Bonchev–Trinajstić information content (AvgIpc) is 3.18. The highest BCUT2D eigenvalue weighted by atomic mass is 16.5. The predicted molar refractivity (Wildman–Crippen MR) is 128 cm³/mol. The molecule has 0 aliphatic rings. The zero-order valence-corrected chi connectivity index (χ0v) is 17.6. The molecule has 0 atom stereocenters. The van der Waals surface area contributed by atoms with Crippen LogP contribution in [0.15, 0.2) is 97.1 Å². The van der Waals surface area contributed by atoms with Gasteiger partial charge in [-0.2, -0.15) is 0 Å². The lowest BCUT2D eigenvalue weighted by Gasteiger charge is -2.12. The zero-order chi connectivity index (χ0) is 20.9. The quantitative estimate of drug-likeness (QED) is 0.277. The predicted octanol–water partition coefficient (Wildman–Crippen LogP) is 6.44. The van der Waals surface area contributed by atoms with E-state index in [2.05, 4.69) is 102 Å². The standard InChI is InChI=1S/C28H26N2O/c1-2-10-22(11-3-1)18-19-28-29-25-15-6-7-16-26(25)30(28)20-9-21-31-27-17-8-13-23-12-4-5-14-24(23)27/h1-8,10-17H,9,18-21H2. The van der Waals surface area contributed by atoms with E-state index in [1.54, 1.807) is 0 Å². The molecule has 0 spiro atoms. The summed E-state index contributed by atoms with van der Waals surface area (Å²) in [6.45, 7) is 1.58. The van der Waals surface area contributed by atoms with Crippen molar-refractivity contribution in [2.75, 3.05) is 6.61 Å².